The van der Waals surface area contributed by atoms with Crippen LogP contribution in [0.3, 0.4) is 0 Å². The number of likely N-dealkylation sites (N-methyl/N-ethyl adjacent to an activating group) is 1. The van der Waals surface area contributed by atoms with Crippen molar-refractivity contribution in [2.45, 2.75) is 50.5 Å². The summed E-state index contributed by atoms with van der Waals surface area (Å²) in [6, 6.07) is 7.47. The second kappa shape index (κ2) is 6.80. The highest BCUT2D eigenvalue weighted by Gasteiger charge is 2.39. The molecule has 0 atom stereocenters. The SMILES string of the molecule is CN(C(=O)CN1CCCc2cccc(F)c21)C1(C#N)CCCCC1. The van der Waals surface area contributed by atoms with E-state index >= 15 is 0 Å². The van der Waals surface area contributed by atoms with E-state index in [1.807, 2.05) is 11.0 Å². The Morgan fingerprint density at radius 2 is 2.08 bits per heavy atom. The molecule has 0 bridgehead atoms. The van der Waals surface area contributed by atoms with Crippen molar-refractivity contribution in [3.8, 4) is 6.07 Å². The summed E-state index contributed by atoms with van der Waals surface area (Å²) in [5.41, 5.74) is 0.827. The van der Waals surface area contributed by atoms with Crippen LogP contribution in [0.2, 0.25) is 0 Å². The number of halogens is 1. The van der Waals surface area contributed by atoms with Gasteiger partial charge in [0.15, 0.2) is 0 Å². The highest BCUT2D eigenvalue weighted by atomic mass is 19.1. The second-order valence-electron chi connectivity index (χ2n) is 6.93. The Balaban J connectivity index is 1.77. The highest BCUT2D eigenvalue weighted by Crippen LogP contribution is 2.34. The van der Waals surface area contributed by atoms with Crippen molar-refractivity contribution in [3.63, 3.8) is 0 Å². The molecule has 1 aliphatic heterocycles. The minimum Gasteiger partial charge on any atom is -0.360 e. The molecule has 0 radical (unpaired) electrons. The minimum atomic E-state index is -0.691. The molecule has 0 N–H and O–H groups in total. The molecule has 2 aliphatic rings. The van der Waals surface area contributed by atoms with E-state index in [1.165, 1.54) is 6.07 Å². The maximum atomic E-state index is 14.3. The number of hydrogen-bond donors (Lipinski definition) is 0. The van der Waals surface area contributed by atoms with Crippen molar-refractivity contribution in [1.29, 1.82) is 5.26 Å². The van der Waals surface area contributed by atoms with Crippen molar-refractivity contribution in [2.75, 3.05) is 25.0 Å². The van der Waals surface area contributed by atoms with Gasteiger partial charge in [0.25, 0.3) is 0 Å². The molecule has 4 nitrogen and oxygen atoms in total. The number of aryl methyl sites for hydroxylation is 1. The first-order valence-corrected chi connectivity index (χ1v) is 8.78. The van der Waals surface area contributed by atoms with Crippen molar-refractivity contribution in [1.82, 2.24) is 4.90 Å². The van der Waals surface area contributed by atoms with Crippen LogP contribution in [0.25, 0.3) is 0 Å². The molecule has 128 valence electrons. The molecule has 5 heteroatoms. The lowest BCUT2D eigenvalue weighted by atomic mass is 9.81. The predicted octanol–water partition coefficient (Wildman–Crippen LogP) is 3.26. The Bertz CT molecular complexity index is 661. The van der Waals surface area contributed by atoms with Gasteiger partial charge in [-0.25, -0.2) is 4.39 Å². The predicted molar refractivity (Wildman–Crippen MR) is 91.1 cm³/mol. The monoisotopic (exact) mass is 329 g/mol. The summed E-state index contributed by atoms with van der Waals surface area (Å²) in [5, 5.41) is 9.65. The normalized spacial score (nSPS) is 19.3. The fourth-order valence-electron chi connectivity index (χ4n) is 4.01. The highest BCUT2D eigenvalue weighted by molar-refractivity contribution is 5.83. The van der Waals surface area contributed by atoms with Gasteiger partial charge in [-0.2, -0.15) is 5.26 Å². The van der Waals surface area contributed by atoms with Crippen LogP contribution in [-0.4, -0.2) is 36.5 Å². The van der Waals surface area contributed by atoms with E-state index in [0.29, 0.717) is 12.2 Å². The zero-order valence-electron chi connectivity index (χ0n) is 14.2. The fourth-order valence-corrected chi connectivity index (χ4v) is 4.01. The quantitative estimate of drug-likeness (QED) is 0.855. The Morgan fingerprint density at radius 1 is 1.33 bits per heavy atom. The number of para-hydroxylation sites is 1. The molecule has 0 aromatic heterocycles. The lowest BCUT2D eigenvalue weighted by molar-refractivity contribution is -0.133. The summed E-state index contributed by atoms with van der Waals surface area (Å²) in [4.78, 5) is 16.3. The van der Waals surface area contributed by atoms with E-state index < -0.39 is 5.54 Å². The van der Waals surface area contributed by atoms with Crippen LogP contribution >= 0.6 is 0 Å². The molecule has 1 fully saturated rings. The summed E-state index contributed by atoms with van der Waals surface area (Å²) in [7, 11) is 1.73. The second-order valence-corrected chi connectivity index (χ2v) is 6.93. The van der Waals surface area contributed by atoms with E-state index in [-0.39, 0.29) is 18.3 Å². The number of hydrogen-bond acceptors (Lipinski definition) is 3. The van der Waals surface area contributed by atoms with Gasteiger partial charge in [-0.05, 0) is 37.3 Å². The first-order chi connectivity index (χ1) is 11.6. The van der Waals surface area contributed by atoms with Crippen LogP contribution < -0.4 is 4.90 Å². The maximum absolute atomic E-state index is 14.3. The average molecular weight is 329 g/mol. The molecule has 1 amide bonds. The standard InChI is InChI=1S/C19H24FN3O/c1-22(19(14-21)10-3-2-4-11-19)17(24)13-23-12-6-8-15-7-5-9-16(20)18(15)23/h5,7,9H,2-4,6,8,10-13H2,1H3. The lowest BCUT2D eigenvalue weighted by Gasteiger charge is -2.40. The molecule has 1 aliphatic carbocycles. The number of carbonyl (C=O) groups is 1. The number of fused-ring (bicyclic) bond motifs is 1. The van der Waals surface area contributed by atoms with Crippen molar-refractivity contribution in [3.05, 3.63) is 29.6 Å². The molecule has 1 saturated carbocycles. The van der Waals surface area contributed by atoms with Gasteiger partial charge < -0.3 is 9.80 Å². The number of benzene rings is 1. The zero-order chi connectivity index (χ0) is 17.2. The number of carbonyl (C=O) groups excluding carboxylic acids is 1. The molecule has 1 aromatic carbocycles. The molecule has 0 unspecified atom stereocenters. The van der Waals surface area contributed by atoms with Crippen molar-refractivity contribution >= 4 is 11.6 Å². The number of anilines is 1. The number of rotatable bonds is 3. The third-order valence-corrected chi connectivity index (χ3v) is 5.49. The topological polar surface area (TPSA) is 47.3 Å². The van der Waals surface area contributed by atoms with Crippen LogP contribution in [-0.2, 0) is 11.2 Å². The van der Waals surface area contributed by atoms with Crippen LogP contribution in [0.1, 0.15) is 44.1 Å². The lowest BCUT2D eigenvalue weighted by Crippen LogP contribution is -2.53. The van der Waals surface area contributed by atoms with E-state index in [1.54, 1.807) is 18.0 Å². The first-order valence-electron chi connectivity index (χ1n) is 8.78. The van der Waals surface area contributed by atoms with Gasteiger partial charge in [0.2, 0.25) is 5.91 Å². The van der Waals surface area contributed by atoms with Crippen molar-refractivity contribution < 1.29 is 9.18 Å². The van der Waals surface area contributed by atoms with Crippen LogP contribution in [0.5, 0.6) is 0 Å². The minimum absolute atomic E-state index is 0.102. The van der Waals surface area contributed by atoms with E-state index in [0.717, 1.165) is 50.5 Å². The molecule has 1 aromatic rings. The molecule has 0 spiro atoms. The van der Waals surface area contributed by atoms with E-state index in [9.17, 15) is 14.4 Å². The van der Waals surface area contributed by atoms with Crippen LogP contribution in [0.4, 0.5) is 10.1 Å². The Kier molecular flexibility index (Phi) is 4.75. The third kappa shape index (κ3) is 2.98. The third-order valence-electron chi connectivity index (χ3n) is 5.49. The maximum Gasteiger partial charge on any atom is 0.243 e. The molecule has 1 heterocycles. The van der Waals surface area contributed by atoms with Gasteiger partial charge in [-0.3, -0.25) is 4.79 Å². The van der Waals surface area contributed by atoms with Gasteiger partial charge in [-0.1, -0.05) is 31.4 Å². The van der Waals surface area contributed by atoms with Crippen molar-refractivity contribution in [2.24, 2.45) is 0 Å². The molecular weight excluding hydrogens is 305 g/mol. The summed E-state index contributed by atoms with van der Waals surface area (Å²) >= 11 is 0. The summed E-state index contributed by atoms with van der Waals surface area (Å²) in [6.07, 6.45) is 6.30. The van der Waals surface area contributed by atoms with Gasteiger partial charge >= 0.3 is 0 Å². The average Bonchev–Trinajstić information content (AvgIpc) is 2.62. The van der Waals surface area contributed by atoms with Gasteiger partial charge in [0, 0.05) is 13.6 Å². The fraction of sp³-hybridized carbons (Fsp3) is 0.579. The molecule has 3 rings (SSSR count). The summed E-state index contributed by atoms with van der Waals surface area (Å²) in [6.45, 7) is 0.806. The molecule has 24 heavy (non-hydrogen) atoms. The summed E-state index contributed by atoms with van der Waals surface area (Å²) < 4.78 is 14.3. The van der Waals surface area contributed by atoms with Crippen LogP contribution in [0, 0.1) is 17.1 Å². The molecular formula is C19H24FN3O. The zero-order valence-corrected chi connectivity index (χ0v) is 14.2. The van der Waals surface area contributed by atoms with Crippen LogP contribution in [0.15, 0.2) is 18.2 Å². The smallest absolute Gasteiger partial charge is 0.243 e. The Morgan fingerprint density at radius 3 is 2.79 bits per heavy atom. The van der Waals surface area contributed by atoms with Gasteiger partial charge in [-0.15, -0.1) is 0 Å². The Hall–Kier alpha value is -2.09. The summed E-state index contributed by atoms with van der Waals surface area (Å²) in [5.74, 6) is -0.370. The first kappa shape index (κ1) is 16.8. The number of amides is 1. The number of nitriles is 1. The van der Waals surface area contributed by atoms with Gasteiger partial charge in [0.05, 0.1) is 18.3 Å². The van der Waals surface area contributed by atoms with E-state index in [2.05, 4.69) is 6.07 Å². The van der Waals surface area contributed by atoms with Gasteiger partial charge in [0.1, 0.15) is 11.4 Å². The molecule has 0 saturated heterocycles. The van der Waals surface area contributed by atoms with E-state index in [4.69, 9.17) is 0 Å². The largest absolute Gasteiger partial charge is 0.360 e. The Labute approximate surface area is 142 Å². The number of nitrogens with zero attached hydrogens (tertiary/aromatic N) is 3.